The minimum Gasteiger partial charge on any atom is -0.456 e. The summed E-state index contributed by atoms with van der Waals surface area (Å²) in [5, 5.41) is 3.19. The van der Waals surface area contributed by atoms with Gasteiger partial charge in [0.25, 0.3) is 5.91 Å². The highest BCUT2D eigenvalue weighted by Gasteiger charge is 2.27. The highest BCUT2D eigenvalue weighted by molar-refractivity contribution is 5.91. The maximum atomic E-state index is 12.0. The number of hydrogen-bond donors (Lipinski definition) is 1. The summed E-state index contributed by atoms with van der Waals surface area (Å²) >= 11 is 0. The lowest BCUT2D eigenvalue weighted by atomic mass is 10.3. The highest BCUT2D eigenvalue weighted by Crippen LogP contribution is 2.15. The van der Waals surface area contributed by atoms with Gasteiger partial charge >= 0.3 is 0 Å². The van der Waals surface area contributed by atoms with Crippen LogP contribution in [-0.2, 0) is 6.42 Å². The zero-order chi connectivity index (χ0) is 11.5. The zero-order valence-corrected chi connectivity index (χ0v) is 9.82. The Kier molecular flexibility index (Phi) is 3.29. The first-order valence-electron chi connectivity index (χ1n) is 5.79. The van der Waals surface area contributed by atoms with E-state index >= 15 is 0 Å². The molecule has 1 N–H and O–H groups in total. The second kappa shape index (κ2) is 4.70. The number of carbonyl (C=O) groups excluding carboxylic acids is 1. The van der Waals surface area contributed by atoms with E-state index in [9.17, 15) is 4.79 Å². The second-order valence-electron chi connectivity index (χ2n) is 4.14. The van der Waals surface area contributed by atoms with Gasteiger partial charge in [-0.25, -0.2) is 0 Å². The summed E-state index contributed by atoms with van der Waals surface area (Å²) in [5.74, 6) is 1.35. The van der Waals surface area contributed by atoms with Gasteiger partial charge in [-0.1, -0.05) is 6.92 Å². The normalized spacial score (nSPS) is 20.4. The van der Waals surface area contributed by atoms with Crippen molar-refractivity contribution in [2.24, 2.45) is 0 Å². The van der Waals surface area contributed by atoms with Crippen LogP contribution in [0, 0.1) is 0 Å². The van der Waals surface area contributed by atoms with Gasteiger partial charge in [0.1, 0.15) is 5.76 Å². The molecule has 1 amide bonds. The quantitative estimate of drug-likeness (QED) is 0.838. The average Bonchev–Trinajstić information content (AvgIpc) is 2.97. The molecule has 0 spiro atoms. The number of likely N-dealkylation sites (tertiary alicyclic amines) is 1. The fourth-order valence-electron chi connectivity index (χ4n) is 2.02. The topological polar surface area (TPSA) is 45.5 Å². The van der Waals surface area contributed by atoms with Crippen LogP contribution >= 0.6 is 0 Å². The van der Waals surface area contributed by atoms with Crippen molar-refractivity contribution in [3.05, 3.63) is 23.7 Å². The molecule has 0 aliphatic carbocycles. The van der Waals surface area contributed by atoms with E-state index in [-0.39, 0.29) is 5.91 Å². The molecular formula is C12H18N2O2. The fraction of sp³-hybridized carbons (Fsp3) is 0.583. The minimum absolute atomic E-state index is 0.0115. The van der Waals surface area contributed by atoms with Crippen molar-refractivity contribution in [3.8, 4) is 0 Å². The SMILES string of the molecule is CCc1ccc(C(=O)N2CCC(NC)C2)o1. The Labute approximate surface area is 95.6 Å². The van der Waals surface area contributed by atoms with Crippen LogP contribution in [0.15, 0.2) is 16.5 Å². The Morgan fingerprint density at radius 1 is 1.62 bits per heavy atom. The standard InChI is InChI=1S/C12H18N2O2/c1-3-10-4-5-11(16-10)12(15)14-7-6-9(8-14)13-2/h4-5,9,13H,3,6-8H2,1-2H3. The van der Waals surface area contributed by atoms with Gasteiger partial charge < -0.3 is 14.6 Å². The third kappa shape index (κ3) is 2.11. The van der Waals surface area contributed by atoms with Crippen LogP contribution in [0.3, 0.4) is 0 Å². The summed E-state index contributed by atoms with van der Waals surface area (Å²) in [6, 6.07) is 4.07. The van der Waals surface area contributed by atoms with Gasteiger partial charge in [0.2, 0.25) is 0 Å². The zero-order valence-electron chi connectivity index (χ0n) is 9.82. The van der Waals surface area contributed by atoms with E-state index in [0.29, 0.717) is 11.8 Å². The van der Waals surface area contributed by atoms with E-state index in [1.807, 2.05) is 24.9 Å². The minimum atomic E-state index is 0.0115. The molecule has 4 heteroatoms. The van der Waals surface area contributed by atoms with Crippen LogP contribution in [0.5, 0.6) is 0 Å². The van der Waals surface area contributed by atoms with E-state index in [4.69, 9.17) is 4.42 Å². The number of hydrogen-bond acceptors (Lipinski definition) is 3. The van der Waals surface area contributed by atoms with Gasteiger partial charge in [0.05, 0.1) is 0 Å². The molecule has 16 heavy (non-hydrogen) atoms. The predicted octanol–water partition coefficient (Wildman–Crippen LogP) is 1.28. The predicted molar refractivity (Wildman–Crippen MR) is 61.5 cm³/mol. The molecule has 4 nitrogen and oxygen atoms in total. The molecule has 2 heterocycles. The lowest BCUT2D eigenvalue weighted by Gasteiger charge is -2.14. The molecular weight excluding hydrogens is 204 g/mol. The number of aryl methyl sites for hydroxylation is 1. The van der Waals surface area contributed by atoms with Crippen molar-refractivity contribution in [2.45, 2.75) is 25.8 Å². The molecule has 0 radical (unpaired) electrons. The molecule has 0 aromatic carbocycles. The van der Waals surface area contributed by atoms with Crippen LogP contribution in [0.4, 0.5) is 0 Å². The maximum Gasteiger partial charge on any atom is 0.289 e. The summed E-state index contributed by atoms with van der Waals surface area (Å²) in [7, 11) is 1.93. The molecule has 1 aliphatic rings. The Balaban J connectivity index is 2.02. The van der Waals surface area contributed by atoms with E-state index < -0.39 is 0 Å². The molecule has 1 unspecified atom stereocenters. The Hall–Kier alpha value is -1.29. The van der Waals surface area contributed by atoms with Gasteiger partial charge in [0.15, 0.2) is 5.76 Å². The number of rotatable bonds is 3. The van der Waals surface area contributed by atoms with Gasteiger partial charge in [-0.05, 0) is 25.6 Å². The van der Waals surface area contributed by atoms with E-state index in [0.717, 1.165) is 31.7 Å². The summed E-state index contributed by atoms with van der Waals surface area (Å²) in [4.78, 5) is 13.9. The largest absolute Gasteiger partial charge is 0.456 e. The average molecular weight is 222 g/mol. The molecule has 0 bridgehead atoms. The van der Waals surface area contributed by atoms with Crippen LogP contribution in [-0.4, -0.2) is 37.0 Å². The van der Waals surface area contributed by atoms with Crippen LogP contribution in [0.1, 0.15) is 29.7 Å². The van der Waals surface area contributed by atoms with Gasteiger partial charge in [-0.2, -0.15) is 0 Å². The first-order chi connectivity index (χ1) is 7.74. The Morgan fingerprint density at radius 2 is 2.44 bits per heavy atom. The van der Waals surface area contributed by atoms with Gasteiger partial charge in [-0.15, -0.1) is 0 Å². The number of nitrogens with zero attached hydrogens (tertiary/aromatic N) is 1. The monoisotopic (exact) mass is 222 g/mol. The number of amides is 1. The van der Waals surface area contributed by atoms with Gasteiger partial charge in [0, 0.05) is 25.6 Å². The highest BCUT2D eigenvalue weighted by atomic mass is 16.4. The Bertz CT molecular complexity index is 373. The summed E-state index contributed by atoms with van der Waals surface area (Å²) in [6.07, 6.45) is 1.84. The molecule has 88 valence electrons. The molecule has 1 fully saturated rings. The van der Waals surface area contributed by atoms with Crippen molar-refractivity contribution in [2.75, 3.05) is 20.1 Å². The van der Waals surface area contributed by atoms with Crippen LogP contribution in [0.25, 0.3) is 0 Å². The van der Waals surface area contributed by atoms with Crippen molar-refractivity contribution < 1.29 is 9.21 Å². The molecule has 1 aromatic heterocycles. The van der Waals surface area contributed by atoms with Crippen LogP contribution < -0.4 is 5.32 Å². The molecule has 2 rings (SSSR count). The summed E-state index contributed by atoms with van der Waals surface area (Å²) < 4.78 is 5.46. The molecule has 1 atom stereocenters. The van der Waals surface area contributed by atoms with Crippen molar-refractivity contribution in [3.63, 3.8) is 0 Å². The third-order valence-corrected chi connectivity index (χ3v) is 3.10. The van der Waals surface area contributed by atoms with Crippen LogP contribution in [0.2, 0.25) is 0 Å². The molecule has 1 saturated heterocycles. The van der Waals surface area contributed by atoms with E-state index in [1.165, 1.54) is 0 Å². The van der Waals surface area contributed by atoms with E-state index in [1.54, 1.807) is 6.07 Å². The van der Waals surface area contributed by atoms with Crippen molar-refractivity contribution >= 4 is 5.91 Å². The number of furan rings is 1. The number of likely N-dealkylation sites (N-methyl/N-ethyl adjacent to an activating group) is 1. The smallest absolute Gasteiger partial charge is 0.289 e. The second-order valence-corrected chi connectivity index (χ2v) is 4.14. The first kappa shape index (κ1) is 11.2. The molecule has 1 aliphatic heterocycles. The molecule has 1 aromatic rings. The number of carbonyl (C=O) groups is 1. The number of nitrogens with one attached hydrogen (secondary N) is 1. The van der Waals surface area contributed by atoms with Crippen molar-refractivity contribution in [1.29, 1.82) is 0 Å². The Morgan fingerprint density at radius 3 is 3.00 bits per heavy atom. The van der Waals surface area contributed by atoms with Gasteiger partial charge in [-0.3, -0.25) is 4.79 Å². The lowest BCUT2D eigenvalue weighted by molar-refractivity contribution is 0.0756. The summed E-state index contributed by atoms with van der Waals surface area (Å²) in [5.41, 5.74) is 0. The third-order valence-electron chi connectivity index (χ3n) is 3.10. The van der Waals surface area contributed by atoms with E-state index in [2.05, 4.69) is 5.32 Å². The molecule has 0 saturated carbocycles. The summed E-state index contributed by atoms with van der Waals surface area (Å²) in [6.45, 7) is 3.60. The van der Waals surface area contributed by atoms with Crippen molar-refractivity contribution in [1.82, 2.24) is 10.2 Å². The first-order valence-corrected chi connectivity index (χ1v) is 5.79. The maximum absolute atomic E-state index is 12.0. The lowest BCUT2D eigenvalue weighted by Crippen LogP contribution is -2.33. The fourth-order valence-corrected chi connectivity index (χ4v) is 2.02.